The molecule has 1 heterocycles. The number of carbonyl (C=O) groups is 1. The monoisotopic (exact) mass is 409 g/mol. The molecule has 1 aromatic heterocycles. The first-order valence-corrected chi connectivity index (χ1v) is 10.1. The van der Waals surface area contributed by atoms with Gasteiger partial charge in [-0.25, -0.2) is 9.37 Å². The van der Waals surface area contributed by atoms with Gasteiger partial charge >= 0.3 is 5.97 Å². The summed E-state index contributed by atoms with van der Waals surface area (Å²) in [4.78, 5) is 15.8. The quantitative estimate of drug-likeness (QED) is 0.519. The number of halogens is 1. The molecule has 0 radical (unpaired) electrons. The van der Waals surface area contributed by atoms with Gasteiger partial charge in [-0.2, -0.15) is 0 Å². The number of aromatic nitrogens is 1. The van der Waals surface area contributed by atoms with Crippen LogP contribution in [-0.4, -0.2) is 17.6 Å². The largest absolute Gasteiger partial charge is 0.493 e. The molecule has 0 fully saturated rings. The second-order valence-corrected chi connectivity index (χ2v) is 7.58. The van der Waals surface area contributed by atoms with Gasteiger partial charge in [-0.1, -0.05) is 6.07 Å². The third-order valence-corrected chi connectivity index (χ3v) is 5.35. The molecule has 1 aliphatic carbocycles. The molecular weight excluding hydrogens is 385 g/mol. The van der Waals surface area contributed by atoms with Gasteiger partial charge in [0.1, 0.15) is 23.4 Å². The van der Waals surface area contributed by atoms with Crippen LogP contribution in [0.25, 0.3) is 11.5 Å². The van der Waals surface area contributed by atoms with Crippen molar-refractivity contribution in [2.45, 2.75) is 46.1 Å². The van der Waals surface area contributed by atoms with Gasteiger partial charge in [0.05, 0.1) is 12.3 Å². The summed E-state index contributed by atoms with van der Waals surface area (Å²) in [7, 11) is 0. The molecule has 1 aliphatic rings. The van der Waals surface area contributed by atoms with E-state index in [4.69, 9.17) is 13.9 Å². The molecule has 4 rings (SSSR count). The van der Waals surface area contributed by atoms with Gasteiger partial charge in [-0.05, 0) is 73.7 Å². The highest BCUT2D eigenvalue weighted by atomic mass is 19.1. The van der Waals surface area contributed by atoms with E-state index < -0.39 is 0 Å². The van der Waals surface area contributed by atoms with Crippen LogP contribution in [0.1, 0.15) is 47.6 Å². The molecule has 156 valence electrons. The van der Waals surface area contributed by atoms with E-state index in [1.807, 2.05) is 25.1 Å². The third kappa shape index (κ3) is 4.22. The van der Waals surface area contributed by atoms with E-state index in [9.17, 15) is 9.18 Å². The van der Waals surface area contributed by atoms with Gasteiger partial charge in [0, 0.05) is 18.9 Å². The Kier molecular flexibility index (Phi) is 5.57. The number of aryl methyl sites for hydroxylation is 3. The molecule has 3 aromatic rings. The summed E-state index contributed by atoms with van der Waals surface area (Å²) in [5.41, 5.74) is 4.35. The number of hydrogen-bond donors (Lipinski definition) is 0. The number of carbonyl (C=O) groups excluding carboxylic acids is 1. The van der Waals surface area contributed by atoms with Crippen LogP contribution in [0, 0.1) is 19.7 Å². The summed E-state index contributed by atoms with van der Waals surface area (Å²) in [6.45, 7) is 5.48. The molecule has 6 heteroatoms. The molecule has 0 aliphatic heterocycles. The molecule has 0 N–H and O–H groups in total. The zero-order valence-corrected chi connectivity index (χ0v) is 17.3. The van der Waals surface area contributed by atoms with Crippen molar-refractivity contribution in [1.82, 2.24) is 4.98 Å². The standard InChI is InChI=1S/C24H24FNO4/c1-14-12-18(4-8-21(14)25)24-26-22(15(2)29-24)10-11-28-19-6-7-20-17(13-19)5-9-23(20)30-16(3)27/h4,6-8,12-13,23H,5,9-11H2,1-3H3. The summed E-state index contributed by atoms with van der Waals surface area (Å²) in [6.07, 6.45) is 2.12. The molecule has 30 heavy (non-hydrogen) atoms. The van der Waals surface area contributed by atoms with Crippen molar-refractivity contribution in [3.05, 3.63) is 70.4 Å². The zero-order valence-electron chi connectivity index (χ0n) is 17.3. The van der Waals surface area contributed by atoms with E-state index in [1.54, 1.807) is 19.1 Å². The molecule has 1 atom stereocenters. The van der Waals surface area contributed by atoms with E-state index >= 15 is 0 Å². The summed E-state index contributed by atoms with van der Waals surface area (Å²) >= 11 is 0. The molecule has 0 saturated heterocycles. The highest BCUT2D eigenvalue weighted by Crippen LogP contribution is 2.36. The van der Waals surface area contributed by atoms with Crippen LogP contribution >= 0.6 is 0 Å². The molecule has 1 unspecified atom stereocenters. The van der Waals surface area contributed by atoms with Crippen molar-refractivity contribution in [2.24, 2.45) is 0 Å². The van der Waals surface area contributed by atoms with Gasteiger partial charge < -0.3 is 13.9 Å². The van der Waals surface area contributed by atoms with Gasteiger partial charge in [0.25, 0.3) is 0 Å². The van der Waals surface area contributed by atoms with Crippen LogP contribution in [0.3, 0.4) is 0 Å². The molecule has 5 nitrogen and oxygen atoms in total. The van der Waals surface area contributed by atoms with Crippen molar-refractivity contribution < 1.29 is 23.1 Å². The van der Waals surface area contributed by atoms with Crippen molar-refractivity contribution in [3.63, 3.8) is 0 Å². The Morgan fingerprint density at radius 3 is 2.83 bits per heavy atom. The van der Waals surface area contributed by atoms with Crippen LogP contribution in [0.2, 0.25) is 0 Å². The smallest absolute Gasteiger partial charge is 0.303 e. The van der Waals surface area contributed by atoms with Crippen LogP contribution < -0.4 is 4.74 Å². The van der Waals surface area contributed by atoms with Crippen LogP contribution in [0.15, 0.2) is 40.8 Å². The van der Waals surface area contributed by atoms with Crippen LogP contribution in [0.4, 0.5) is 4.39 Å². The topological polar surface area (TPSA) is 61.6 Å². The average Bonchev–Trinajstić information content (AvgIpc) is 3.27. The number of benzene rings is 2. The fourth-order valence-electron chi connectivity index (χ4n) is 3.79. The number of esters is 1. The lowest BCUT2D eigenvalue weighted by Crippen LogP contribution is -2.05. The number of fused-ring (bicyclic) bond motifs is 1. The molecule has 2 aromatic carbocycles. The van der Waals surface area contributed by atoms with Gasteiger partial charge in [0.15, 0.2) is 0 Å². The van der Waals surface area contributed by atoms with Gasteiger partial charge in [-0.3, -0.25) is 4.79 Å². The lowest BCUT2D eigenvalue weighted by molar-refractivity contribution is -0.146. The minimum atomic E-state index is -0.258. The maximum Gasteiger partial charge on any atom is 0.303 e. The number of rotatable bonds is 6. The SMILES string of the molecule is CC(=O)OC1CCc2cc(OCCc3nc(-c4ccc(F)c(C)c4)oc3C)ccc21. The zero-order chi connectivity index (χ0) is 21.3. The van der Waals surface area contributed by atoms with Crippen molar-refractivity contribution in [3.8, 4) is 17.2 Å². The molecule has 0 saturated carbocycles. The van der Waals surface area contributed by atoms with Crippen molar-refractivity contribution >= 4 is 5.97 Å². The Hall–Kier alpha value is -3.15. The summed E-state index contributed by atoms with van der Waals surface area (Å²) in [6, 6.07) is 10.7. The highest BCUT2D eigenvalue weighted by Gasteiger charge is 2.25. The molecule has 0 bridgehead atoms. The van der Waals surface area contributed by atoms with Gasteiger partial charge in [-0.15, -0.1) is 0 Å². The Morgan fingerprint density at radius 2 is 2.07 bits per heavy atom. The second-order valence-electron chi connectivity index (χ2n) is 7.58. The van der Waals surface area contributed by atoms with E-state index in [1.165, 1.54) is 13.0 Å². The minimum Gasteiger partial charge on any atom is -0.493 e. The molecule has 0 amide bonds. The van der Waals surface area contributed by atoms with E-state index in [0.29, 0.717) is 24.5 Å². The molecular formula is C24H24FNO4. The minimum absolute atomic E-state index is 0.155. The number of ether oxygens (including phenoxy) is 2. The Morgan fingerprint density at radius 1 is 1.23 bits per heavy atom. The average molecular weight is 409 g/mol. The maximum atomic E-state index is 13.5. The van der Waals surface area contributed by atoms with Crippen LogP contribution in [0.5, 0.6) is 5.75 Å². The summed E-state index contributed by atoms with van der Waals surface area (Å²) in [5, 5.41) is 0. The predicted molar refractivity (Wildman–Crippen MR) is 110 cm³/mol. The number of oxazole rings is 1. The van der Waals surface area contributed by atoms with E-state index in [2.05, 4.69) is 4.98 Å². The van der Waals surface area contributed by atoms with Crippen molar-refractivity contribution in [1.29, 1.82) is 0 Å². The van der Waals surface area contributed by atoms with E-state index in [0.717, 1.165) is 46.7 Å². The fraction of sp³-hybridized carbons (Fsp3) is 0.333. The highest BCUT2D eigenvalue weighted by molar-refractivity contribution is 5.66. The maximum absolute atomic E-state index is 13.5. The van der Waals surface area contributed by atoms with Gasteiger partial charge in [0.2, 0.25) is 5.89 Å². The summed E-state index contributed by atoms with van der Waals surface area (Å²) < 4.78 is 30.5. The lowest BCUT2D eigenvalue weighted by atomic mass is 10.1. The lowest BCUT2D eigenvalue weighted by Gasteiger charge is -2.12. The predicted octanol–water partition coefficient (Wildman–Crippen LogP) is 5.27. The molecule has 0 spiro atoms. The first-order valence-electron chi connectivity index (χ1n) is 10.1. The van der Waals surface area contributed by atoms with Crippen molar-refractivity contribution in [2.75, 3.05) is 6.61 Å². The third-order valence-electron chi connectivity index (χ3n) is 5.35. The first kappa shape index (κ1) is 20.1. The second kappa shape index (κ2) is 8.30. The first-order chi connectivity index (χ1) is 14.4. The Bertz CT molecular complexity index is 1090. The number of nitrogens with zero attached hydrogens (tertiary/aromatic N) is 1. The Balaban J connectivity index is 1.39. The van der Waals surface area contributed by atoms with Crippen LogP contribution in [-0.2, 0) is 22.4 Å². The normalized spacial score (nSPS) is 15.1. The number of hydrogen-bond acceptors (Lipinski definition) is 5. The summed E-state index contributed by atoms with van der Waals surface area (Å²) in [5.74, 6) is 1.50. The van der Waals surface area contributed by atoms with E-state index in [-0.39, 0.29) is 17.9 Å². The Labute approximate surface area is 174 Å². The fourth-order valence-corrected chi connectivity index (χ4v) is 3.79.